The second-order valence-electron chi connectivity index (χ2n) is 6.05. The molecular weight excluding hydrogens is 242 g/mol. The van der Waals surface area contributed by atoms with E-state index in [0.717, 1.165) is 25.7 Å². The van der Waals surface area contributed by atoms with Gasteiger partial charge in [-0.05, 0) is 19.8 Å². The zero-order chi connectivity index (χ0) is 14.6. The molecule has 1 fully saturated rings. The van der Waals surface area contributed by atoms with Gasteiger partial charge in [-0.1, -0.05) is 19.8 Å². The molecular formula is C14H27N3O2. The molecule has 110 valence electrons. The van der Waals surface area contributed by atoms with E-state index in [1.54, 1.807) is 19.0 Å². The van der Waals surface area contributed by atoms with Crippen molar-refractivity contribution in [1.82, 2.24) is 10.2 Å². The van der Waals surface area contributed by atoms with Crippen LogP contribution < -0.4 is 11.1 Å². The Kier molecular flexibility index (Phi) is 5.35. The molecule has 1 aliphatic rings. The monoisotopic (exact) mass is 269 g/mol. The van der Waals surface area contributed by atoms with Crippen LogP contribution in [0.5, 0.6) is 0 Å². The third kappa shape index (κ3) is 3.69. The maximum Gasteiger partial charge on any atom is 0.230 e. The van der Waals surface area contributed by atoms with Crippen LogP contribution in [0, 0.1) is 11.3 Å². The van der Waals surface area contributed by atoms with Crippen molar-refractivity contribution < 1.29 is 9.59 Å². The maximum atomic E-state index is 12.3. The summed E-state index contributed by atoms with van der Waals surface area (Å²) in [7, 11) is 3.55. The number of rotatable bonds is 5. The fraction of sp³-hybridized carbons (Fsp3) is 0.857. The van der Waals surface area contributed by atoms with Crippen LogP contribution >= 0.6 is 0 Å². The van der Waals surface area contributed by atoms with Gasteiger partial charge < -0.3 is 16.0 Å². The number of nitrogens with one attached hydrogen (secondary N) is 1. The number of nitrogens with two attached hydrogens (primary N) is 1. The first-order valence-electron chi connectivity index (χ1n) is 7.05. The molecule has 2 unspecified atom stereocenters. The Hall–Kier alpha value is -1.10. The summed E-state index contributed by atoms with van der Waals surface area (Å²) in [6.07, 6.45) is 3.82. The van der Waals surface area contributed by atoms with E-state index in [2.05, 4.69) is 5.32 Å². The standard InChI is InChI=1S/C14H27N3O2/c1-10(11(2)15)12(18)16-9-14(7-5-6-8-14)13(19)17(3)4/h10-11H,5-9,15H2,1-4H3,(H,16,18). The maximum absolute atomic E-state index is 12.3. The fourth-order valence-corrected chi connectivity index (χ4v) is 2.65. The van der Waals surface area contributed by atoms with Crippen molar-refractivity contribution >= 4 is 11.8 Å². The summed E-state index contributed by atoms with van der Waals surface area (Å²) in [5, 5.41) is 2.92. The molecule has 2 amide bonds. The van der Waals surface area contributed by atoms with Gasteiger partial charge in [0.1, 0.15) is 0 Å². The molecule has 0 aliphatic heterocycles. The van der Waals surface area contributed by atoms with E-state index in [4.69, 9.17) is 5.73 Å². The average Bonchev–Trinajstić information content (AvgIpc) is 2.83. The molecule has 0 bridgehead atoms. The minimum Gasteiger partial charge on any atom is -0.355 e. The molecule has 5 nitrogen and oxygen atoms in total. The average molecular weight is 269 g/mol. The zero-order valence-corrected chi connectivity index (χ0v) is 12.5. The first kappa shape index (κ1) is 16.0. The van der Waals surface area contributed by atoms with Crippen LogP contribution in [0.4, 0.5) is 0 Å². The lowest BCUT2D eigenvalue weighted by atomic mass is 9.84. The van der Waals surface area contributed by atoms with Crippen LogP contribution in [0.25, 0.3) is 0 Å². The molecule has 1 rings (SSSR count). The minimum absolute atomic E-state index is 0.0622. The van der Waals surface area contributed by atoms with E-state index in [0.29, 0.717) is 6.54 Å². The third-order valence-electron chi connectivity index (χ3n) is 4.22. The highest BCUT2D eigenvalue weighted by atomic mass is 16.2. The van der Waals surface area contributed by atoms with Crippen molar-refractivity contribution in [3.8, 4) is 0 Å². The first-order valence-corrected chi connectivity index (χ1v) is 7.05. The molecule has 1 aliphatic carbocycles. The fourth-order valence-electron chi connectivity index (χ4n) is 2.65. The summed E-state index contributed by atoms with van der Waals surface area (Å²) in [5.74, 6) is -0.167. The molecule has 3 N–H and O–H groups in total. The summed E-state index contributed by atoms with van der Waals surface area (Å²) in [4.78, 5) is 25.9. The Morgan fingerprint density at radius 2 is 1.79 bits per heavy atom. The topological polar surface area (TPSA) is 75.4 Å². The lowest BCUT2D eigenvalue weighted by Gasteiger charge is -2.31. The van der Waals surface area contributed by atoms with Crippen molar-refractivity contribution in [3.05, 3.63) is 0 Å². The molecule has 0 aromatic heterocycles. The third-order valence-corrected chi connectivity index (χ3v) is 4.22. The van der Waals surface area contributed by atoms with Crippen LogP contribution in [-0.4, -0.2) is 43.4 Å². The molecule has 0 heterocycles. The second-order valence-corrected chi connectivity index (χ2v) is 6.05. The molecule has 0 radical (unpaired) electrons. The Bertz CT molecular complexity index is 334. The van der Waals surface area contributed by atoms with Gasteiger partial charge in [0.2, 0.25) is 11.8 Å². The van der Waals surface area contributed by atoms with Crippen LogP contribution in [0.2, 0.25) is 0 Å². The largest absolute Gasteiger partial charge is 0.355 e. The number of amides is 2. The summed E-state index contributed by atoms with van der Waals surface area (Å²) in [6.45, 7) is 4.07. The van der Waals surface area contributed by atoms with Gasteiger partial charge in [0.15, 0.2) is 0 Å². The molecule has 1 saturated carbocycles. The van der Waals surface area contributed by atoms with Crippen LogP contribution in [0.1, 0.15) is 39.5 Å². The Balaban J connectivity index is 2.66. The lowest BCUT2D eigenvalue weighted by Crippen LogP contribution is -2.48. The predicted molar refractivity (Wildman–Crippen MR) is 75.4 cm³/mol. The quantitative estimate of drug-likeness (QED) is 0.773. The summed E-state index contributed by atoms with van der Waals surface area (Å²) in [5.41, 5.74) is 5.32. The van der Waals surface area contributed by atoms with Gasteiger partial charge in [-0.15, -0.1) is 0 Å². The summed E-state index contributed by atoms with van der Waals surface area (Å²) in [6, 6.07) is -0.177. The molecule has 5 heteroatoms. The number of nitrogens with zero attached hydrogens (tertiary/aromatic N) is 1. The van der Waals surface area contributed by atoms with E-state index < -0.39 is 5.41 Å². The van der Waals surface area contributed by atoms with Crippen molar-refractivity contribution in [2.75, 3.05) is 20.6 Å². The number of hydrogen-bond acceptors (Lipinski definition) is 3. The molecule has 0 spiro atoms. The highest BCUT2D eigenvalue weighted by Gasteiger charge is 2.42. The Morgan fingerprint density at radius 1 is 1.26 bits per heavy atom. The zero-order valence-electron chi connectivity index (χ0n) is 12.5. The molecule has 0 aromatic carbocycles. The number of carbonyl (C=O) groups excluding carboxylic acids is 2. The van der Waals surface area contributed by atoms with Gasteiger partial charge in [0.05, 0.1) is 5.41 Å². The molecule has 0 aromatic rings. The van der Waals surface area contributed by atoms with Gasteiger partial charge >= 0.3 is 0 Å². The van der Waals surface area contributed by atoms with Crippen molar-refractivity contribution in [2.24, 2.45) is 17.1 Å². The SMILES string of the molecule is CC(N)C(C)C(=O)NCC1(C(=O)N(C)C)CCCC1. The van der Waals surface area contributed by atoms with Gasteiger partial charge in [-0.3, -0.25) is 9.59 Å². The Labute approximate surface area is 115 Å². The molecule has 19 heavy (non-hydrogen) atoms. The van der Waals surface area contributed by atoms with E-state index in [1.807, 2.05) is 13.8 Å². The normalized spacial score (nSPS) is 20.7. The number of hydrogen-bond donors (Lipinski definition) is 2. The van der Waals surface area contributed by atoms with E-state index >= 15 is 0 Å². The van der Waals surface area contributed by atoms with Gasteiger partial charge in [-0.2, -0.15) is 0 Å². The van der Waals surface area contributed by atoms with Crippen LogP contribution in [-0.2, 0) is 9.59 Å². The number of carbonyl (C=O) groups is 2. The molecule has 2 atom stereocenters. The first-order chi connectivity index (χ1) is 8.80. The molecule has 0 saturated heterocycles. The van der Waals surface area contributed by atoms with E-state index in [1.165, 1.54) is 0 Å². The van der Waals surface area contributed by atoms with E-state index in [-0.39, 0.29) is 23.8 Å². The predicted octanol–water partition coefficient (Wildman–Crippen LogP) is 0.734. The van der Waals surface area contributed by atoms with Crippen LogP contribution in [0.15, 0.2) is 0 Å². The smallest absolute Gasteiger partial charge is 0.230 e. The van der Waals surface area contributed by atoms with Gasteiger partial charge in [0, 0.05) is 32.6 Å². The highest BCUT2D eigenvalue weighted by molar-refractivity contribution is 5.84. The highest BCUT2D eigenvalue weighted by Crippen LogP contribution is 2.38. The summed E-state index contributed by atoms with van der Waals surface area (Å²) < 4.78 is 0. The van der Waals surface area contributed by atoms with Crippen molar-refractivity contribution in [2.45, 2.75) is 45.6 Å². The minimum atomic E-state index is -0.406. The van der Waals surface area contributed by atoms with Crippen LogP contribution in [0.3, 0.4) is 0 Å². The van der Waals surface area contributed by atoms with Gasteiger partial charge in [-0.25, -0.2) is 0 Å². The second kappa shape index (κ2) is 6.37. The summed E-state index contributed by atoms with van der Waals surface area (Å²) >= 11 is 0. The van der Waals surface area contributed by atoms with E-state index in [9.17, 15) is 9.59 Å². The van der Waals surface area contributed by atoms with Crippen molar-refractivity contribution in [1.29, 1.82) is 0 Å². The lowest BCUT2D eigenvalue weighted by molar-refractivity contribution is -0.139. The van der Waals surface area contributed by atoms with Gasteiger partial charge in [0.25, 0.3) is 0 Å². The van der Waals surface area contributed by atoms with Crippen molar-refractivity contribution in [3.63, 3.8) is 0 Å². The Morgan fingerprint density at radius 3 is 2.21 bits per heavy atom.